The molecule has 1 heterocycles. The van der Waals surface area contributed by atoms with Gasteiger partial charge in [0.2, 0.25) is 5.91 Å². The van der Waals surface area contributed by atoms with E-state index in [9.17, 15) is 9.59 Å². The number of hydrogen-bond donors (Lipinski definition) is 2. The van der Waals surface area contributed by atoms with Crippen molar-refractivity contribution in [1.82, 2.24) is 10.3 Å². The lowest BCUT2D eigenvalue weighted by Gasteiger charge is -2.06. The first-order chi connectivity index (χ1) is 10.6. The number of aromatic carboxylic acids is 1. The predicted molar refractivity (Wildman–Crippen MR) is 89.4 cm³/mol. The molecule has 0 unspecified atom stereocenters. The number of nitrogens with one attached hydrogen (secondary N) is 1. The maximum absolute atomic E-state index is 11.6. The number of carbonyl (C=O) groups is 2. The molecule has 5 nitrogen and oxygen atoms in total. The van der Waals surface area contributed by atoms with Crippen molar-refractivity contribution in [1.29, 1.82) is 0 Å². The van der Waals surface area contributed by atoms with E-state index in [4.69, 9.17) is 5.11 Å². The standard InChI is InChI=1S/C15H16N2O3S2/c1-21-6-5-13(18)16-8-10-3-2-4-11(7-10)14-17-12(9-22-14)15(19)20/h2-4,7,9H,5-6,8H2,1H3,(H,16,18)(H,19,20). The van der Waals surface area contributed by atoms with Crippen LogP contribution in [-0.2, 0) is 11.3 Å². The van der Waals surface area contributed by atoms with Gasteiger partial charge in [0.05, 0.1) is 0 Å². The molecule has 0 aliphatic carbocycles. The zero-order valence-corrected chi connectivity index (χ0v) is 13.7. The summed E-state index contributed by atoms with van der Waals surface area (Å²) in [6.45, 7) is 0.457. The van der Waals surface area contributed by atoms with Crippen molar-refractivity contribution >= 4 is 35.0 Å². The average molecular weight is 336 g/mol. The van der Waals surface area contributed by atoms with Crippen LogP contribution in [0.1, 0.15) is 22.5 Å². The van der Waals surface area contributed by atoms with Crippen molar-refractivity contribution in [2.45, 2.75) is 13.0 Å². The molecule has 0 spiro atoms. The van der Waals surface area contributed by atoms with Crippen LogP contribution in [0.25, 0.3) is 10.6 Å². The molecule has 1 aromatic heterocycles. The Labute approximate surface area is 136 Å². The number of thioether (sulfide) groups is 1. The highest BCUT2D eigenvalue weighted by atomic mass is 32.2. The van der Waals surface area contributed by atoms with Gasteiger partial charge in [-0.15, -0.1) is 11.3 Å². The third kappa shape index (κ3) is 4.57. The van der Waals surface area contributed by atoms with Crippen molar-refractivity contribution in [3.63, 3.8) is 0 Å². The van der Waals surface area contributed by atoms with E-state index >= 15 is 0 Å². The largest absolute Gasteiger partial charge is 0.476 e. The smallest absolute Gasteiger partial charge is 0.355 e. The summed E-state index contributed by atoms with van der Waals surface area (Å²) in [5, 5.41) is 14.0. The number of carbonyl (C=O) groups excluding carboxylic acids is 1. The molecule has 0 bridgehead atoms. The third-order valence-electron chi connectivity index (χ3n) is 2.92. The van der Waals surface area contributed by atoms with Crippen molar-refractivity contribution in [3.05, 3.63) is 40.9 Å². The molecule has 1 amide bonds. The van der Waals surface area contributed by atoms with Crippen LogP contribution in [0.2, 0.25) is 0 Å². The number of nitrogens with zero attached hydrogens (tertiary/aromatic N) is 1. The van der Waals surface area contributed by atoms with Gasteiger partial charge in [-0.2, -0.15) is 11.8 Å². The quantitative estimate of drug-likeness (QED) is 0.813. The Hall–Kier alpha value is -1.86. The van der Waals surface area contributed by atoms with Crippen LogP contribution in [-0.4, -0.2) is 34.0 Å². The first-order valence-electron chi connectivity index (χ1n) is 6.64. The normalized spacial score (nSPS) is 10.4. The van der Waals surface area contributed by atoms with E-state index in [1.807, 2.05) is 30.5 Å². The molecule has 1 aromatic carbocycles. The highest BCUT2D eigenvalue weighted by Crippen LogP contribution is 2.24. The maximum Gasteiger partial charge on any atom is 0.355 e. The van der Waals surface area contributed by atoms with Gasteiger partial charge in [-0.25, -0.2) is 9.78 Å². The van der Waals surface area contributed by atoms with E-state index in [-0.39, 0.29) is 11.6 Å². The van der Waals surface area contributed by atoms with Crippen LogP contribution >= 0.6 is 23.1 Å². The van der Waals surface area contributed by atoms with Crippen LogP contribution in [0.4, 0.5) is 0 Å². The fraction of sp³-hybridized carbons (Fsp3) is 0.267. The van der Waals surface area contributed by atoms with E-state index < -0.39 is 5.97 Å². The summed E-state index contributed by atoms with van der Waals surface area (Å²) >= 11 is 2.93. The van der Waals surface area contributed by atoms with E-state index in [2.05, 4.69) is 10.3 Å². The molecule has 0 radical (unpaired) electrons. The van der Waals surface area contributed by atoms with Gasteiger partial charge >= 0.3 is 5.97 Å². The molecule has 0 saturated carbocycles. The lowest BCUT2D eigenvalue weighted by Crippen LogP contribution is -2.22. The zero-order valence-electron chi connectivity index (χ0n) is 12.0. The molecule has 2 N–H and O–H groups in total. The Bertz CT molecular complexity index is 670. The molecule has 0 aliphatic rings. The van der Waals surface area contributed by atoms with Crippen molar-refractivity contribution in [2.24, 2.45) is 0 Å². The molecule has 0 aliphatic heterocycles. The van der Waals surface area contributed by atoms with Gasteiger partial charge < -0.3 is 10.4 Å². The SMILES string of the molecule is CSCCC(=O)NCc1cccc(-c2nc(C(=O)O)cs2)c1. The summed E-state index contributed by atoms with van der Waals surface area (Å²) < 4.78 is 0. The molecule has 22 heavy (non-hydrogen) atoms. The summed E-state index contributed by atoms with van der Waals surface area (Å²) in [5.41, 5.74) is 1.87. The number of aromatic nitrogens is 1. The van der Waals surface area contributed by atoms with E-state index in [1.54, 1.807) is 11.8 Å². The lowest BCUT2D eigenvalue weighted by atomic mass is 10.1. The number of benzene rings is 1. The van der Waals surface area contributed by atoms with Crippen LogP contribution in [0.15, 0.2) is 29.6 Å². The van der Waals surface area contributed by atoms with E-state index in [0.29, 0.717) is 18.0 Å². The number of carboxylic acids is 1. The second-order valence-electron chi connectivity index (χ2n) is 4.56. The van der Waals surface area contributed by atoms with Gasteiger partial charge in [0.1, 0.15) is 5.01 Å². The van der Waals surface area contributed by atoms with E-state index in [0.717, 1.165) is 16.9 Å². The number of hydrogen-bond acceptors (Lipinski definition) is 5. The zero-order chi connectivity index (χ0) is 15.9. The highest BCUT2D eigenvalue weighted by molar-refractivity contribution is 7.98. The molecule has 2 rings (SSSR count). The number of amides is 1. The minimum atomic E-state index is -1.03. The first kappa shape index (κ1) is 16.5. The lowest BCUT2D eigenvalue weighted by molar-refractivity contribution is -0.120. The van der Waals surface area contributed by atoms with Crippen molar-refractivity contribution in [3.8, 4) is 10.6 Å². The van der Waals surface area contributed by atoms with Crippen molar-refractivity contribution < 1.29 is 14.7 Å². The van der Waals surface area contributed by atoms with Gasteiger partial charge in [0.25, 0.3) is 0 Å². The molecule has 7 heteroatoms. The van der Waals surface area contributed by atoms with Crippen LogP contribution in [0, 0.1) is 0 Å². The fourth-order valence-electron chi connectivity index (χ4n) is 1.80. The molecule has 0 atom stereocenters. The molecule has 0 saturated heterocycles. The first-order valence-corrected chi connectivity index (χ1v) is 8.91. The number of rotatable bonds is 7. The van der Waals surface area contributed by atoms with Crippen LogP contribution in [0.3, 0.4) is 0 Å². The van der Waals surface area contributed by atoms with Gasteiger partial charge in [-0.05, 0) is 17.9 Å². The van der Waals surface area contributed by atoms with Crippen molar-refractivity contribution in [2.75, 3.05) is 12.0 Å². The topological polar surface area (TPSA) is 79.3 Å². The summed E-state index contributed by atoms with van der Waals surface area (Å²) in [4.78, 5) is 26.6. The number of thiazole rings is 1. The monoisotopic (exact) mass is 336 g/mol. The Morgan fingerprint density at radius 2 is 2.23 bits per heavy atom. The summed E-state index contributed by atoms with van der Waals surface area (Å²) in [7, 11) is 0. The maximum atomic E-state index is 11.6. The van der Waals surface area contributed by atoms with Gasteiger partial charge in [-0.1, -0.05) is 18.2 Å². The number of carboxylic acid groups (broad SMARTS) is 1. The van der Waals surface area contributed by atoms with Crippen LogP contribution in [0.5, 0.6) is 0 Å². The molecule has 2 aromatic rings. The molecule has 116 valence electrons. The Balaban J connectivity index is 2.03. The minimum Gasteiger partial charge on any atom is -0.476 e. The Morgan fingerprint density at radius 3 is 2.91 bits per heavy atom. The van der Waals surface area contributed by atoms with Gasteiger partial charge in [-0.3, -0.25) is 4.79 Å². The molecule has 0 fully saturated rings. The van der Waals surface area contributed by atoms with Gasteiger partial charge in [0.15, 0.2) is 5.69 Å². The highest BCUT2D eigenvalue weighted by Gasteiger charge is 2.10. The Kier molecular flexibility index (Phi) is 5.97. The van der Waals surface area contributed by atoms with Gasteiger partial charge in [0, 0.05) is 29.7 Å². The molecular formula is C15H16N2O3S2. The second-order valence-corrected chi connectivity index (χ2v) is 6.41. The second kappa shape index (κ2) is 7.95. The van der Waals surface area contributed by atoms with Crippen LogP contribution < -0.4 is 5.32 Å². The summed E-state index contributed by atoms with van der Waals surface area (Å²) in [6.07, 6.45) is 2.48. The fourth-order valence-corrected chi connectivity index (χ4v) is 2.98. The minimum absolute atomic E-state index is 0.0298. The third-order valence-corrected chi connectivity index (χ3v) is 4.42. The Morgan fingerprint density at radius 1 is 1.41 bits per heavy atom. The summed E-state index contributed by atoms with van der Waals surface area (Å²) in [5.74, 6) is -0.190. The van der Waals surface area contributed by atoms with E-state index in [1.165, 1.54) is 16.7 Å². The average Bonchev–Trinajstić information content (AvgIpc) is 3.01. The molecular weight excluding hydrogens is 320 g/mol. The summed E-state index contributed by atoms with van der Waals surface area (Å²) in [6, 6.07) is 7.59. The predicted octanol–water partition coefficient (Wildman–Crippen LogP) is 2.88.